The van der Waals surface area contributed by atoms with E-state index in [2.05, 4.69) is 5.32 Å². The summed E-state index contributed by atoms with van der Waals surface area (Å²) in [5, 5.41) is 14.1. The van der Waals surface area contributed by atoms with Gasteiger partial charge >= 0.3 is 0 Å². The molecule has 0 aromatic heterocycles. The number of ether oxygens (including phenoxy) is 1. The van der Waals surface area contributed by atoms with E-state index in [0.29, 0.717) is 12.2 Å². The highest BCUT2D eigenvalue weighted by atomic mass is 32.2. The highest BCUT2D eigenvalue weighted by Crippen LogP contribution is 2.42. The van der Waals surface area contributed by atoms with Crippen LogP contribution in [0, 0.1) is 10.1 Å². The first-order chi connectivity index (χ1) is 17.7. The number of rotatable bonds is 9. The predicted molar refractivity (Wildman–Crippen MR) is 140 cm³/mol. The number of carbonyl (C=O) groups is 1. The molecule has 0 bridgehead atoms. The molecule has 194 valence electrons. The second kappa shape index (κ2) is 10.6. The summed E-state index contributed by atoms with van der Waals surface area (Å²) < 4.78 is 34.4. The third kappa shape index (κ3) is 5.43. The number of amides is 1. The summed E-state index contributed by atoms with van der Waals surface area (Å²) >= 11 is 0. The predicted octanol–water partition coefficient (Wildman–Crippen LogP) is 4.99. The molecule has 0 aliphatic carbocycles. The summed E-state index contributed by atoms with van der Waals surface area (Å²) in [6.45, 7) is 3.58. The number of sulfonamides is 1. The Hall–Kier alpha value is -3.92. The van der Waals surface area contributed by atoms with Gasteiger partial charge in [0.1, 0.15) is 17.9 Å². The lowest BCUT2D eigenvalue weighted by atomic mass is 9.83. The SMILES string of the molecule is CCC1(CC)CC(NC(=O)CN(c2ccc([N+](=O)[O-])cc2)S(=O)(=O)c2ccccc2)c2ccccc2O1. The fourth-order valence-corrected chi connectivity index (χ4v) is 6.02. The summed E-state index contributed by atoms with van der Waals surface area (Å²) in [5.41, 5.74) is 0.356. The van der Waals surface area contributed by atoms with Crippen molar-refractivity contribution in [1.82, 2.24) is 5.32 Å². The average molecular weight is 524 g/mol. The van der Waals surface area contributed by atoms with E-state index in [4.69, 9.17) is 4.74 Å². The van der Waals surface area contributed by atoms with Crippen molar-refractivity contribution in [1.29, 1.82) is 0 Å². The first-order valence-corrected chi connectivity index (χ1v) is 13.5. The Bertz CT molecular complexity index is 1370. The van der Waals surface area contributed by atoms with E-state index >= 15 is 0 Å². The Morgan fingerprint density at radius 2 is 1.65 bits per heavy atom. The zero-order valence-electron chi connectivity index (χ0n) is 20.7. The number of nitrogens with zero attached hydrogens (tertiary/aromatic N) is 2. The number of non-ortho nitro benzene ring substituents is 1. The van der Waals surface area contributed by atoms with E-state index in [1.807, 2.05) is 38.1 Å². The maximum atomic E-state index is 13.6. The second-order valence-electron chi connectivity index (χ2n) is 8.95. The van der Waals surface area contributed by atoms with Crippen molar-refractivity contribution >= 4 is 27.3 Å². The Morgan fingerprint density at radius 3 is 2.27 bits per heavy atom. The normalized spacial score (nSPS) is 16.2. The van der Waals surface area contributed by atoms with Crippen LogP contribution in [0.1, 0.15) is 44.7 Å². The number of hydrogen-bond donors (Lipinski definition) is 1. The molecule has 0 fully saturated rings. The van der Waals surface area contributed by atoms with Crippen LogP contribution in [-0.4, -0.2) is 31.4 Å². The van der Waals surface area contributed by atoms with Crippen molar-refractivity contribution in [3.8, 4) is 5.75 Å². The fourth-order valence-electron chi connectivity index (χ4n) is 4.58. The molecule has 4 rings (SSSR count). The monoisotopic (exact) mass is 523 g/mol. The van der Waals surface area contributed by atoms with Gasteiger partial charge in [-0.2, -0.15) is 0 Å². The zero-order chi connectivity index (χ0) is 26.6. The second-order valence-corrected chi connectivity index (χ2v) is 10.8. The minimum Gasteiger partial charge on any atom is -0.487 e. The third-order valence-corrected chi connectivity index (χ3v) is 8.58. The molecular formula is C27H29N3O6S. The van der Waals surface area contributed by atoms with Gasteiger partial charge in [-0.3, -0.25) is 19.2 Å². The van der Waals surface area contributed by atoms with E-state index in [-0.39, 0.29) is 22.3 Å². The van der Waals surface area contributed by atoms with Crippen molar-refractivity contribution in [2.75, 3.05) is 10.8 Å². The van der Waals surface area contributed by atoms with Crippen molar-refractivity contribution in [3.05, 3.63) is 94.5 Å². The van der Waals surface area contributed by atoms with Crippen molar-refractivity contribution in [3.63, 3.8) is 0 Å². The molecule has 9 nitrogen and oxygen atoms in total. The molecule has 3 aromatic rings. The number of nitrogens with one attached hydrogen (secondary N) is 1. The number of hydrogen-bond acceptors (Lipinski definition) is 6. The van der Waals surface area contributed by atoms with Gasteiger partial charge in [-0.1, -0.05) is 50.2 Å². The van der Waals surface area contributed by atoms with Crippen LogP contribution in [0.15, 0.2) is 83.8 Å². The largest absolute Gasteiger partial charge is 0.487 e. The molecule has 0 spiro atoms. The molecule has 3 aromatic carbocycles. The number of carbonyl (C=O) groups excluding carboxylic acids is 1. The molecule has 1 heterocycles. The number of benzene rings is 3. The van der Waals surface area contributed by atoms with Crippen LogP contribution in [0.5, 0.6) is 5.75 Å². The van der Waals surface area contributed by atoms with Gasteiger partial charge in [0, 0.05) is 24.1 Å². The minimum atomic E-state index is -4.14. The lowest BCUT2D eigenvalue weighted by Crippen LogP contribution is -2.47. The van der Waals surface area contributed by atoms with E-state index in [1.165, 1.54) is 36.4 Å². The molecule has 1 atom stereocenters. The summed E-state index contributed by atoms with van der Waals surface area (Å²) in [7, 11) is -4.14. The smallest absolute Gasteiger partial charge is 0.269 e. The van der Waals surface area contributed by atoms with E-state index in [0.717, 1.165) is 22.7 Å². The summed E-state index contributed by atoms with van der Waals surface area (Å²) in [5.74, 6) is 0.201. The number of anilines is 1. The lowest BCUT2D eigenvalue weighted by molar-refractivity contribution is -0.384. The highest BCUT2D eigenvalue weighted by molar-refractivity contribution is 7.92. The number of nitro benzene ring substituents is 1. The Balaban J connectivity index is 1.66. The first-order valence-electron chi connectivity index (χ1n) is 12.1. The maximum Gasteiger partial charge on any atom is 0.269 e. The zero-order valence-corrected chi connectivity index (χ0v) is 21.5. The first kappa shape index (κ1) is 26.2. The summed E-state index contributed by atoms with van der Waals surface area (Å²) in [4.78, 5) is 23.9. The minimum absolute atomic E-state index is 0.00791. The third-order valence-electron chi connectivity index (χ3n) is 6.79. The molecule has 1 unspecified atom stereocenters. The molecule has 0 saturated carbocycles. The average Bonchev–Trinajstić information content (AvgIpc) is 2.92. The molecule has 1 N–H and O–H groups in total. The van der Waals surface area contributed by atoms with Gasteiger partial charge in [0.15, 0.2) is 0 Å². The van der Waals surface area contributed by atoms with Gasteiger partial charge in [0.05, 0.1) is 21.5 Å². The van der Waals surface area contributed by atoms with Crippen LogP contribution < -0.4 is 14.4 Å². The van der Waals surface area contributed by atoms with Crippen LogP contribution >= 0.6 is 0 Å². The van der Waals surface area contributed by atoms with Gasteiger partial charge in [0.25, 0.3) is 15.7 Å². The molecule has 1 aliphatic rings. The summed E-state index contributed by atoms with van der Waals surface area (Å²) in [6, 6.07) is 20.0. The fraction of sp³-hybridized carbons (Fsp3) is 0.296. The Morgan fingerprint density at radius 1 is 1.03 bits per heavy atom. The maximum absolute atomic E-state index is 13.6. The van der Waals surface area contributed by atoms with Crippen LogP contribution in [0.2, 0.25) is 0 Å². The lowest BCUT2D eigenvalue weighted by Gasteiger charge is -2.41. The van der Waals surface area contributed by atoms with Gasteiger partial charge in [0.2, 0.25) is 5.91 Å². The van der Waals surface area contributed by atoms with Crippen LogP contribution in [0.25, 0.3) is 0 Å². The van der Waals surface area contributed by atoms with Crippen LogP contribution in [0.4, 0.5) is 11.4 Å². The topological polar surface area (TPSA) is 119 Å². The van der Waals surface area contributed by atoms with Crippen molar-refractivity contribution in [2.45, 2.75) is 49.6 Å². The Labute approximate surface area is 216 Å². The van der Waals surface area contributed by atoms with Crippen LogP contribution in [-0.2, 0) is 14.8 Å². The van der Waals surface area contributed by atoms with Gasteiger partial charge in [-0.25, -0.2) is 8.42 Å². The van der Waals surface area contributed by atoms with Crippen molar-refractivity contribution in [2.24, 2.45) is 0 Å². The molecule has 37 heavy (non-hydrogen) atoms. The standard InChI is InChI=1S/C27H29N3O6S/c1-3-27(4-2)18-24(23-12-8-9-13-25(23)36-27)28-26(31)19-29(20-14-16-21(17-15-20)30(32)33)37(34,35)22-10-6-5-7-11-22/h5-17,24H,3-4,18-19H2,1-2H3,(H,28,31). The Kier molecular flexibility index (Phi) is 7.49. The number of para-hydroxylation sites is 1. The molecule has 10 heteroatoms. The van der Waals surface area contributed by atoms with E-state index in [1.54, 1.807) is 18.2 Å². The van der Waals surface area contributed by atoms with E-state index < -0.39 is 33.0 Å². The van der Waals surface area contributed by atoms with Gasteiger partial charge in [-0.15, -0.1) is 0 Å². The summed E-state index contributed by atoms with van der Waals surface area (Å²) in [6.07, 6.45) is 2.05. The number of nitro groups is 1. The molecule has 1 amide bonds. The highest BCUT2D eigenvalue weighted by Gasteiger charge is 2.39. The van der Waals surface area contributed by atoms with Gasteiger partial charge in [-0.05, 0) is 43.2 Å². The van der Waals surface area contributed by atoms with E-state index in [9.17, 15) is 23.3 Å². The molecule has 0 radical (unpaired) electrons. The molecular weight excluding hydrogens is 494 g/mol. The van der Waals surface area contributed by atoms with Crippen molar-refractivity contribution < 1.29 is 22.9 Å². The quantitative estimate of drug-likeness (QED) is 0.312. The van der Waals surface area contributed by atoms with Crippen LogP contribution in [0.3, 0.4) is 0 Å². The van der Waals surface area contributed by atoms with Gasteiger partial charge < -0.3 is 10.1 Å². The molecule has 0 saturated heterocycles. The number of fused-ring (bicyclic) bond motifs is 1. The molecule has 1 aliphatic heterocycles.